The van der Waals surface area contributed by atoms with Crippen molar-refractivity contribution in [1.29, 1.82) is 0 Å². The van der Waals surface area contributed by atoms with Crippen LogP contribution in [-0.4, -0.2) is 42.0 Å². The summed E-state index contributed by atoms with van der Waals surface area (Å²) in [5, 5.41) is 9.14. The van der Waals surface area contributed by atoms with E-state index < -0.39 is 11.9 Å². The zero-order valence-corrected chi connectivity index (χ0v) is 9.48. The number of benzene rings is 1. The van der Waals surface area contributed by atoms with Gasteiger partial charge in [0.15, 0.2) is 5.78 Å². The maximum absolute atomic E-state index is 12.9. The lowest BCUT2D eigenvalue weighted by Crippen LogP contribution is -2.32. The summed E-state index contributed by atoms with van der Waals surface area (Å²) in [6.45, 7) is 2.25. The molecule has 4 heteroatoms. The fourth-order valence-corrected chi connectivity index (χ4v) is 1.51. The van der Waals surface area contributed by atoms with Crippen molar-refractivity contribution in [2.75, 3.05) is 20.1 Å². The molecule has 0 aliphatic heterocycles. The molecule has 0 aromatic heterocycles. The second-order valence-corrected chi connectivity index (χ2v) is 3.98. The number of aliphatic hydroxyl groups is 1. The molecule has 0 bridgehead atoms. The van der Waals surface area contributed by atoms with Crippen molar-refractivity contribution in [1.82, 2.24) is 4.90 Å². The molecule has 0 fully saturated rings. The summed E-state index contributed by atoms with van der Waals surface area (Å²) in [6, 6.07) is 5.62. The van der Waals surface area contributed by atoms with Crippen LogP contribution >= 0.6 is 0 Å². The number of ketones is 1. The molecule has 0 saturated carbocycles. The minimum atomic E-state index is -0.481. The van der Waals surface area contributed by atoms with Crippen LogP contribution in [0.3, 0.4) is 0 Å². The zero-order chi connectivity index (χ0) is 12.1. The number of Topliss-reactive ketones (excluding diaryl/α,β-unsaturated/α-hetero) is 1. The lowest BCUT2D eigenvalue weighted by molar-refractivity contribution is 0.0901. The molecular weight excluding hydrogens is 209 g/mol. The van der Waals surface area contributed by atoms with Gasteiger partial charge in [-0.05, 0) is 26.1 Å². The fraction of sp³-hybridized carbons (Fsp3) is 0.417. The van der Waals surface area contributed by atoms with Crippen LogP contribution < -0.4 is 0 Å². The van der Waals surface area contributed by atoms with E-state index in [1.165, 1.54) is 18.2 Å². The molecule has 1 atom stereocenters. The first-order valence-electron chi connectivity index (χ1n) is 5.14. The number of aliphatic hydroxyl groups excluding tert-OH is 1. The Labute approximate surface area is 94.5 Å². The highest BCUT2D eigenvalue weighted by molar-refractivity contribution is 5.97. The van der Waals surface area contributed by atoms with Crippen molar-refractivity contribution in [2.24, 2.45) is 0 Å². The van der Waals surface area contributed by atoms with Gasteiger partial charge in [-0.3, -0.25) is 9.69 Å². The van der Waals surface area contributed by atoms with E-state index in [2.05, 4.69) is 0 Å². The summed E-state index contributed by atoms with van der Waals surface area (Å²) in [4.78, 5) is 13.4. The Morgan fingerprint density at radius 1 is 1.56 bits per heavy atom. The third-order valence-corrected chi connectivity index (χ3v) is 2.14. The summed E-state index contributed by atoms with van der Waals surface area (Å²) in [7, 11) is 1.74. The summed E-state index contributed by atoms with van der Waals surface area (Å²) < 4.78 is 12.9. The molecule has 0 aliphatic rings. The third kappa shape index (κ3) is 4.08. The Hall–Kier alpha value is -1.26. The van der Waals surface area contributed by atoms with Crippen LogP contribution in [0.4, 0.5) is 4.39 Å². The van der Waals surface area contributed by atoms with Gasteiger partial charge in [0.1, 0.15) is 5.82 Å². The lowest BCUT2D eigenvalue weighted by atomic mass is 10.1. The second-order valence-electron chi connectivity index (χ2n) is 3.98. The van der Waals surface area contributed by atoms with Crippen LogP contribution in [0.2, 0.25) is 0 Å². The van der Waals surface area contributed by atoms with Crippen molar-refractivity contribution in [2.45, 2.75) is 13.0 Å². The van der Waals surface area contributed by atoms with Crippen molar-refractivity contribution in [3.63, 3.8) is 0 Å². The molecular formula is C12H16FNO2. The molecule has 3 nitrogen and oxygen atoms in total. The van der Waals surface area contributed by atoms with Gasteiger partial charge in [0.2, 0.25) is 0 Å². The average Bonchev–Trinajstić information content (AvgIpc) is 2.16. The lowest BCUT2D eigenvalue weighted by Gasteiger charge is -2.17. The van der Waals surface area contributed by atoms with E-state index >= 15 is 0 Å². The molecule has 0 spiro atoms. The van der Waals surface area contributed by atoms with E-state index in [4.69, 9.17) is 5.11 Å². The van der Waals surface area contributed by atoms with E-state index in [1.54, 1.807) is 24.9 Å². The minimum Gasteiger partial charge on any atom is -0.392 e. The normalized spacial score (nSPS) is 12.8. The van der Waals surface area contributed by atoms with E-state index in [-0.39, 0.29) is 12.3 Å². The quantitative estimate of drug-likeness (QED) is 0.768. The van der Waals surface area contributed by atoms with Gasteiger partial charge in [0.25, 0.3) is 0 Å². The van der Waals surface area contributed by atoms with Crippen LogP contribution in [0.5, 0.6) is 0 Å². The Bertz CT molecular complexity index is 366. The van der Waals surface area contributed by atoms with Gasteiger partial charge in [-0.2, -0.15) is 0 Å². The van der Waals surface area contributed by atoms with E-state index in [9.17, 15) is 9.18 Å². The number of nitrogens with zero attached hydrogens (tertiary/aromatic N) is 1. The average molecular weight is 225 g/mol. The van der Waals surface area contributed by atoms with Gasteiger partial charge in [0.05, 0.1) is 12.6 Å². The van der Waals surface area contributed by atoms with Crippen LogP contribution in [-0.2, 0) is 0 Å². The molecule has 1 unspecified atom stereocenters. The topological polar surface area (TPSA) is 40.5 Å². The predicted octanol–water partition coefficient (Wildman–Crippen LogP) is 1.32. The van der Waals surface area contributed by atoms with Crippen molar-refractivity contribution < 1.29 is 14.3 Å². The Balaban J connectivity index is 2.59. The van der Waals surface area contributed by atoms with Crippen molar-refractivity contribution in [3.05, 3.63) is 35.6 Å². The summed E-state index contributed by atoms with van der Waals surface area (Å²) >= 11 is 0. The number of likely N-dealkylation sites (N-methyl/N-ethyl adjacent to an activating group) is 1. The second kappa shape index (κ2) is 5.72. The number of carbonyl (C=O) groups is 1. The Morgan fingerprint density at radius 2 is 2.25 bits per heavy atom. The maximum atomic E-state index is 12.9. The molecule has 1 rings (SSSR count). The number of halogens is 1. The van der Waals surface area contributed by atoms with E-state index in [1.807, 2.05) is 0 Å². The van der Waals surface area contributed by atoms with E-state index in [0.29, 0.717) is 12.1 Å². The largest absolute Gasteiger partial charge is 0.392 e. The molecule has 0 saturated heterocycles. The highest BCUT2D eigenvalue weighted by atomic mass is 19.1. The number of hydrogen-bond acceptors (Lipinski definition) is 3. The highest BCUT2D eigenvalue weighted by Gasteiger charge is 2.11. The minimum absolute atomic E-state index is 0.150. The molecule has 1 aromatic rings. The highest BCUT2D eigenvalue weighted by Crippen LogP contribution is 2.05. The van der Waals surface area contributed by atoms with Crippen LogP contribution in [0.1, 0.15) is 17.3 Å². The molecule has 1 N–H and O–H groups in total. The SMILES string of the molecule is CC(O)CN(C)CC(=O)c1cccc(F)c1. The predicted molar refractivity (Wildman–Crippen MR) is 59.9 cm³/mol. The number of carbonyl (C=O) groups excluding carboxylic acids is 1. The first kappa shape index (κ1) is 12.8. The van der Waals surface area contributed by atoms with Gasteiger partial charge in [0, 0.05) is 12.1 Å². The van der Waals surface area contributed by atoms with Crippen LogP contribution in [0, 0.1) is 5.82 Å². The summed E-state index contributed by atoms with van der Waals surface area (Å²) in [6.07, 6.45) is -0.481. The fourth-order valence-electron chi connectivity index (χ4n) is 1.51. The van der Waals surface area contributed by atoms with Gasteiger partial charge < -0.3 is 5.11 Å². The van der Waals surface area contributed by atoms with Crippen LogP contribution in [0.15, 0.2) is 24.3 Å². The first-order valence-corrected chi connectivity index (χ1v) is 5.14. The van der Waals surface area contributed by atoms with Gasteiger partial charge in [-0.15, -0.1) is 0 Å². The zero-order valence-electron chi connectivity index (χ0n) is 9.48. The first-order chi connectivity index (χ1) is 7.49. The van der Waals surface area contributed by atoms with E-state index in [0.717, 1.165) is 0 Å². The molecule has 88 valence electrons. The number of rotatable bonds is 5. The van der Waals surface area contributed by atoms with Gasteiger partial charge >= 0.3 is 0 Å². The number of hydrogen-bond donors (Lipinski definition) is 1. The molecule has 1 aromatic carbocycles. The Kier molecular flexibility index (Phi) is 4.58. The van der Waals surface area contributed by atoms with Crippen molar-refractivity contribution in [3.8, 4) is 0 Å². The van der Waals surface area contributed by atoms with Crippen LogP contribution in [0.25, 0.3) is 0 Å². The smallest absolute Gasteiger partial charge is 0.176 e. The molecule has 16 heavy (non-hydrogen) atoms. The molecule has 0 heterocycles. The van der Waals surface area contributed by atoms with Gasteiger partial charge in [-0.25, -0.2) is 4.39 Å². The van der Waals surface area contributed by atoms with Gasteiger partial charge in [-0.1, -0.05) is 12.1 Å². The summed E-state index contributed by atoms with van der Waals surface area (Å²) in [5.74, 6) is -0.563. The standard InChI is InChI=1S/C12H16FNO2/c1-9(15)7-14(2)8-12(16)10-4-3-5-11(13)6-10/h3-6,9,15H,7-8H2,1-2H3. The third-order valence-electron chi connectivity index (χ3n) is 2.14. The van der Waals surface area contributed by atoms with Crippen molar-refractivity contribution >= 4 is 5.78 Å². The Morgan fingerprint density at radius 3 is 2.81 bits per heavy atom. The molecule has 0 amide bonds. The maximum Gasteiger partial charge on any atom is 0.176 e. The summed E-state index contributed by atoms with van der Waals surface area (Å²) in [5.41, 5.74) is 0.359. The monoisotopic (exact) mass is 225 g/mol. The molecule has 0 aliphatic carbocycles. The molecule has 0 radical (unpaired) electrons.